The summed E-state index contributed by atoms with van der Waals surface area (Å²) in [6, 6.07) is 0. The fraction of sp³-hybridized carbons (Fsp3) is 0.900. The maximum absolute atomic E-state index is 10.9. The molecule has 0 amide bonds. The van der Waals surface area contributed by atoms with Gasteiger partial charge in [0.25, 0.3) is 0 Å². The molecule has 4 unspecified atom stereocenters. The molecule has 0 bridgehead atoms. The van der Waals surface area contributed by atoms with Gasteiger partial charge in [0.05, 0.1) is 20.0 Å². The Hall–Kier alpha value is -0.260. The van der Waals surface area contributed by atoms with Gasteiger partial charge >= 0.3 is 5.97 Å². The minimum Gasteiger partial charge on any atom is -0.479 e. The number of carboxylic acid groups (broad SMARTS) is 1. The molecule has 1 rings (SSSR count). The molecule has 100 valence electrons. The van der Waals surface area contributed by atoms with Gasteiger partial charge < -0.3 is 25.4 Å². The van der Waals surface area contributed by atoms with Crippen molar-refractivity contribution in [3.05, 3.63) is 0 Å². The lowest BCUT2D eigenvalue weighted by atomic mass is 10.2. The molecule has 0 spiro atoms. The summed E-state index contributed by atoms with van der Waals surface area (Å²) in [5.41, 5.74) is 0. The first kappa shape index (κ1) is 14.8. The van der Waals surface area contributed by atoms with Gasteiger partial charge in [-0.25, -0.2) is 4.79 Å². The number of carbonyl (C=O) groups is 1. The molecule has 4 N–H and O–H groups in total. The molecule has 0 saturated carbocycles. The second kappa shape index (κ2) is 7.24. The molecule has 7 heteroatoms. The van der Waals surface area contributed by atoms with Crippen LogP contribution in [0.5, 0.6) is 0 Å². The van der Waals surface area contributed by atoms with E-state index in [0.717, 1.165) is 6.42 Å². The maximum atomic E-state index is 10.9. The Labute approximate surface area is 103 Å². The monoisotopic (exact) mass is 264 g/mol. The Bertz CT molecular complexity index is 254. The quantitative estimate of drug-likeness (QED) is 0.496. The molecular weight excluding hydrogens is 243 g/mol. The van der Waals surface area contributed by atoms with E-state index in [4.69, 9.17) is 9.63 Å². The number of likely N-dealkylation sites (N-methyl/N-ethyl adjacent to an activating group) is 1. The fourth-order valence-electron chi connectivity index (χ4n) is 1.88. The van der Waals surface area contributed by atoms with E-state index >= 15 is 0 Å². The van der Waals surface area contributed by atoms with E-state index in [-0.39, 0.29) is 5.78 Å². The van der Waals surface area contributed by atoms with Crippen molar-refractivity contribution < 1.29 is 19.5 Å². The number of hydrogen-bond donors (Lipinski definition) is 4. The third kappa shape index (κ3) is 4.48. The molecule has 6 nitrogen and oxygen atoms in total. The molecule has 1 fully saturated rings. The van der Waals surface area contributed by atoms with E-state index in [1.807, 2.05) is 7.05 Å². The van der Waals surface area contributed by atoms with Crippen molar-refractivity contribution in [1.82, 2.24) is 10.6 Å². The van der Waals surface area contributed by atoms with E-state index in [0.29, 0.717) is 19.1 Å². The smallest absolute Gasteiger partial charge is 0.333 e. The normalized spacial score (nSPS) is 31.1. The van der Waals surface area contributed by atoms with Crippen LogP contribution in [0.4, 0.5) is 0 Å². The summed E-state index contributed by atoms with van der Waals surface area (Å²) in [6.07, 6.45) is 0.612. The standard InChI is InChI=1S/C10H21N2O4P/c1-11-5-7(13)6-17-9(12-2)4-3-8(16-17)10(14)15/h7-9,11-13H,3-6H2,1-2H3,(H,14,15). The topological polar surface area (TPSA) is 90.8 Å². The number of carboxylic acids is 1. The highest BCUT2D eigenvalue weighted by atomic mass is 31.1. The molecule has 1 heterocycles. The molecule has 17 heavy (non-hydrogen) atoms. The molecule has 4 atom stereocenters. The van der Waals surface area contributed by atoms with Crippen molar-refractivity contribution in [1.29, 1.82) is 0 Å². The van der Waals surface area contributed by atoms with Crippen LogP contribution in [0.2, 0.25) is 0 Å². The lowest BCUT2D eigenvalue weighted by molar-refractivity contribution is -0.145. The fourth-order valence-corrected chi connectivity index (χ4v) is 4.16. The van der Waals surface area contributed by atoms with E-state index in [1.165, 1.54) is 0 Å². The lowest BCUT2D eigenvalue weighted by Gasteiger charge is -2.35. The second-order valence-corrected chi connectivity index (χ2v) is 6.16. The first-order valence-corrected chi connectivity index (χ1v) is 7.26. The largest absolute Gasteiger partial charge is 0.479 e. The zero-order valence-electron chi connectivity index (χ0n) is 10.2. The van der Waals surface area contributed by atoms with Crippen molar-refractivity contribution in [2.24, 2.45) is 0 Å². The summed E-state index contributed by atoms with van der Waals surface area (Å²) in [5, 5.41) is 24.7. The summed E-state index contributed by atoms with van der Waals surface area (Å²) in [4.78, 5) is 10.9. The van der Waals surface area contributed by atoms with Crippen LogP contribution >= 0.6 is 8.15 Å². The first-order valence-electron chi connectivity index (χ1n) is 5.74. The Balaban J connectivity index is 2.53. The van der Waals surface area contributed by atoms with Crippen LogP contribution in [0.25, 0.3) is 0 Å². The van der Waals surface area contributed by atoms with Crippen molar-refractivity contribution >= 4 is 14.1 Å². The zero-order valence-corrected chi connectivity index (χ0v) is 11.1. The van der Waals surface area contributed by atoms with Gasteiger partial charge in [0, 0.05) is 12.7 Å². The molecule has 0 aromatic rings. The minimum absolute atomic E-state index is 0.173. The lowest BCUT2D eigenvalue weighted by Crippen LogP contribution is -2.38. The third-order valence-corrected chi connectivity index (χ3v) is 5.27. The predicted molar refractivity (Wildman–Crippen MR) is 66.3 cm³/mol. The van der Waals surface area contributed by atoms with Crippen molar-refractivity contribution in [3.63, 3.8) is 0 Å². The summed E-state index contributed by atoms with van der Waals surface area (Å²) in [6.45, 7) is 0.496. The minimum atomic E-state index is -0.940. The maximum Gasteiger partial charge on any atom is 0.333 e. The molecule has 1 saturated heterocycles. The molecule has 0 aromatic carbocycles. The van der Waals surface area contributed by atoms with Crippen LogP contribution in [0, 0.1) is 0 Å². The highest BCUT2D eigenvalue weighted by Crippen LogP contribution is 2.49. The summed E-state index contributed by atoms with van der Waals surface area (Å²) in [5.74, 6) is -0.734. The van der Waals surface area contributed by atoms with Gasteiger partial charge in [0.1, 0.15) is 0 Å². The number of aliphatic carboxylic acids is 1. The van der Waals surface area contributed by atoms with Crippen LogP contribution in [0.1, 0.15) is 12.8 Å². The van der Waals surface area contributed by atoms with E-state index in [1.54, 1.807) is 7.05 Å². The second-order valence-electron chi connectivity index (χ2n) is 4.13. The Morgan fingerprint density at radius 1 is 1.53 bits per heavy atom. The average Bonchev–Trinajstić information content (AvgIpc) is 2.29. The Morgan fingerprint density at radius 2 is 2.24 bits per heavy atom. The number of hydrogen-bond acceptors (Lipinski definition) is 5. The van der Waals surface area contributed by atoms with E-state index in [2.05, 4.69) is 10.6 Å². The molecule has 0 aromatic heterocycles. The molecule has 0 radical (unpaired) electrons. The van der Waals surface area contributed by atoms with Gasteiger partial charge in [0.15, 0.2) is 6.10 Å². The number of aliphatic hydroxyl groups is 1. The van der Waals surface area contributed by atoms with Gasteiger partial charge in [-0.3, -0.25) is 0 Å². The number of aliphatic hydroxyl groups excluding tert-OH is 1. The van der Waals surface area contributed by atoms with Crippen LogP contribution in [0.15, 0.2) is 0 Å². The van der Waals surface area contributed by atoms with Crippen molar-refractivity contribution in [2.45, 2.75) is 30.8 Å². The van der Waals surface area contributed by atoms with Crippen molar-refractivity contribution in [3.8, 4) is 0 Å². The van der Waals surface area contributed by atoms with E-state index < -0.39 is 26.3 Å². The Morgan fingerprint density at radius 3 is 2.76 bits per heavy atom. The number of rotatable bonds is 6. The highest BCUT2D eigenvalue weighted by Gasteiger charge is 2.34. The van der Waals surface area contributed by atoms with Gasteiger partial charge in [-0.15, -0.1) is 0 Å². The summed E-state index contributed by atoms with van der Waals surface area (Å²) < 4.78 is 5.58. The first-order chi connectivity index (χ1) is 8.08. The van der Waals surface area contributed by atoms with Gasteiger partial charge in [0.2, 0.25) is 0 Å². The summed E-state index contributed by atoms with van der Waals surface area (Å²) in [7, 11) is 2.67. The molecule has 0 aliphatic carbocycles. The van der Waals surface area contributed by atoms with E-state index in [9.17, 15) is 9.90 Å². The van der Waals surface area contributed by atoms with Crippen LogP contribution in [-0.4, -0.2) is 61.0 Å². The predicted octanol–water partition coefficient (Wildman–Crippen LogP) is -0.227. The zero-order chi connectivity index (χ0) is 12.8. The highest BCUT2D eigenvalue weighted by molar-refractivity contribution is 7.53. The average molecular weight is 264 g/mol. The van der Waals surface area contributed by atoms with Gasteiger partial charge in [-0.2, -0.15) is 0 Å². The number of nitrogens with one attached hydrogen (secondary N) is 2. The Kier molecular flexibility index (Phi) is 6.30. The van der Waals surface area contributed by atoms with Gasteiger partial charge in [-0.1, -0.05) is 0 Å². The molecular formula is C10H21N2O4P. The molecule has 1 aliphatic heterocycles. The van der Waals surface area contributed by atoms with Gasteiger partial charge in [-0.05, 0) is 26.9 Å². The molecule has 1 aliphatic rings. The van der Waals surface area contributed by atoms with Crippen LogP contribution < -0.4 is 10.6 Å². The SMILES string of the molecule is CNCC(O)CP1OC(C(=O)O)CCC1NC. The van der Waals surface area contributed by atoms with Crippen LogP contribution in [0.3, 0.4) is 0 Å². The van der Waals surface area contributed by atoms with Crippen molar-refractivity contribution in [2.75, 3.05) is 26.8 Å². The summed E-state index contributed by atoms with van der Waals surface area (Å²) >= 11 is 0. The van der Waals surface area contributed by atoms with Crippen LogP contribution in [-0.2, 0) is 9.32 Å². The third-order valence-electron chi connectivity index (χ3n) is 2.75.